The third kappa shape index (κ3) is 7.85. The Morgan fingerprint density at radius 2 is 1.90 bits per heavy atom. The van der Waals surface area contributed by atoms with Gasteiger partial charge in [0.1, 0.15) is 5.82 Å². The summed E-state index contributed by atoms with van der Waals surface area (Å²) in [7, 11) is 0. The van der Waals surface area contributed by atoms with Crippen LogP contribution in [0.2, 0.25) is 0 Å². The van der Waals surface area contributed by atoms with E-state index in [1.165, 1.54) is 0 Å². The number of aliphatic hydroxyl groups excluding tert-OH is 1. The highest BCUT2D eigenvalue weighted by Gasteiger charge is 2.25. The molecule has 0 aromatic heterocycles. The van der Waals surface area contributed by atoms with Crippen LogP contribution < -0.4 is 15.5 Å². The minimum absolute atomic E-state index is 0. The Bertz CT molecular complexity index is 650. The van der Waals surface area contributed by atoms with Gasteiger partial charge in [0.25, 0.3) is 0 Å². The number of guanidine groups is 1. The van der Waals surface area contributed by atoms with E-state index >= 15 is 0 Å². The molecule has 1 heterocycles. The quantitative estimate of drug-likeness (QED) is 0.243. The molecule has 30 heavy (non-hydrogen) atoms. The monoisotopic (exact) mass is 536 g/mol. The van der Waals surface area contributed by atoms with Crippen LogP contribution in [0.3, 0.4) is 0 Å². The third-order valence-electron chi connectivity index (χ3n) is 5.90. The number of morpholine rings is 1. The summed E-state index contributed by atoms with van der Waals surface area (Å²) in [6.45, 7) is 11.1. The molecule has 0 aliphatic carbocycles. The van der Waals surface area contributed by atoms with Crippen LogP contribution in [0.5, 0.6) is 0 Å². The molecule has 1 fully saturated rings. The topological polar surface area (TPSA) is 69.1 Å². The molecule has 2 rings (SSSR count). The van der Waals surface area contributed by atoms with Gasteiger partial charge >= 0.3 is 0 Å². The number of aliphatic imine (C=N–C) groups is 1. The smallest absolute Gasteiger partial charge is 0.191 e. The van der Waals surface area contributed by atoms with E-state index in [2.05, 4.69) is 29.5 Å². The van der Waals surface area contributed by atoms with Crippen molar-refractivity contribution in [3.63, 3.8) is 0 Å². The highest BCUT2D eigenvalue weighted by molar-refractivity contribution is 14.0. The van der Waals surface area contributed by atoms with Crippen molar-refractivity contribution in [3.05, 3.63) is 29.6 Å². The van der Waals surface area contributed by atoms with Gasteiger partial charge in [-0.15, -0.1) is 24.0 Å². The second-order valence-corrected chi connectivity index (χ2v) is 7.61. The number of benzene rings is 1. The first kappa shape index (κ1) is 26.9. The van der Waals surface area contributed by atoms with Gasteiger partial charge in [-0.2, -0.15) is 0 Å². The van der Waals surface area contributed by atoms with Gasteiger partial charge in [-0.05, 0) is 49.3 Å². The fourth-order valence-corrected chi connectivity index (χ4v) is 3.67. The van der Waals surface area contributed by atoms with Crippen molar-refractivity contribution in [2.75, 3.05) is 50.9 Å². The fourth-order valence-electron chi connectivity index (χ4n) is 3.67. The fraction of sp³-hybridized carbons (Fsp3) is 0.682. The van der Waals surface area contributed by atoms with Gasteiger partial charge in [0.15, 0.2) is 5.96 Å². The number of hydrogen-bond acceptors (Lipinski definition) is 4. The SMILES string of the molecule is CCNC(=NCc1ccc(N2CCOCC2)c(F)c1)NCC(CC)(CC)CCO.I. The molecule has 0 saturated carbocycles. The van der Waals surface area contributed by atoms with E-state index in [1.54, 1.807) is 6.07 Å². The Labute approximate surface area is 197 Å². The molecule has 3 N–H and O–H groups in total. The number of rotatable bonds is 10. The lowest BCUT2D eigenvalue weighted by atomic mass is 9.79. The molecule has 1 aliphatic rings. The van der Waals surface area contributed by atoms with Gasteiger partial charge in [0, 0.05) is 32.8 Å². The molecule has 1 aromatic carbocycles. The minimum Gasteiger partial charge on any atom is -0.396 e. The van der Waals surface area contributed by atoms with Crippen LogP contribution in [0.15, 0.2) is 23.2 Å². The van der Waals surface area contributed by atoms with Crippen LogP contribution in [-0.4, -0.2) is 57.1 Å². The van der Waals surface area contributed by atoms with Crippen molar-refractivity contribution in [2.45, 2.75) is 46.6 Å². The largest absolute Gasteiger partial charge is 0.396 e. The molecule has 1 aliphatic heterocycles. The summed E-state index contributed by atoms with van der Waals surface area (Å²) in [5.41, 5.74) is 1.52. The summed E-state index contributed by atoms with van der Waals surface area (Å²) < 4.78 is 19.9. The number of nitrogens with one attached hydrogen (secondary N) is 2. The van der Waals surface area contributed by atoms with E-state index in [0.29, 0.717) is 38.5 Å². The van der Waals surface area contributed by atoms with Crippen molar-refractivity contribution in [1.29, 1.82) is 0 Å². The van der Waals surface area contributed by atoms with Gasteiger partial charge in [-0.1, -0.05) is 19.9 Å². The molecular weight excluding hydrogens is 498 g/mol. The van der Waals surface area contributed by atoms with E-state index in [9.17, 15) is 9.50 Å². The van der Waals surface area contributed by atoms with Crippen LogP contribution in [0.1, 0.15) is 45.6 Å². The Hall–Kier alpha value is -1.13. The maximum absolute atomic E-state index is 14.6. The minimum atomic E-state index is -0.212. The highest BCUT2D eigenvalue weighted by Crippen LogP contribution is 2.29. The molecule has 8 heteroatoms. The zero-order chi connectivity index (χ0) is 21.1. The predicted octanol–water partition coefficient (Wildman–Crippen LogP) is 3.52. The van der Waals surface area contributed by atoms with Gasteiger partial charge in [0.05, 0.1) is 25.4 Å². The number of halogens is 2. The average Bonchev–Trinajstić information content (AvgIpc) is 2.75. The summed E-state index contributed by atoms with van der Waals surface area (Å²) in [4.78, 5) is 6.65. The lowest BCUT2D eigenvalue weighted by molar-refractivity contribution is 0.122. The van der Waals surface area contributed by atoms with Crippen molar-refractivity contribution in [1.82, 2.24) is 10.6 Å². The van der Waals surface area contributed by atoms with Crippen LogP contribution in [0.4, 0.5) is 10.1 Å². The standard InChI is InChI=1S/C22H37FN4O2.HI/c1-4-22(5-2,9-12-28)17-26-21(24-6-3)25-16-18-7-8-20(19(23)15-18)27-10-13-29-14-11-27;/h7-8,15,28H,4-6,9-14,16-17H2,1-3H3,(H2,24,25,26);1H. The second kappa shape index (κ2) is 14.0. The van der Waals surface area contributed by atoms with Gasteiger partial charge in [0.2, 0.25) is 0 Å². The van der Waals surface area contributed by atoms with Crippen molar-refractivity contribution >= 4 is 35.6 Å². The Kier molecular flexibility index (Phi) is 12.6. The average molecular weight is 536 g/mol. The zero-order valence-corrected chi connectivity index (χ0v) is 20.9. The molecule has 0 spiro atoms. The van der Waals surface area contributed by atoms with E-state index < -0.39 is 0 Å². The molecule has 0 bridgehead atoms. The number of aliphatic hydroxyl groups is 1. The summed E-state index contributed by atoms with van der Waals surface area (Å²) in [6, 6.07) is 5.35. The number of ether oxygens (including phenoxy) is 1. The first-order valence-electron chi connectivity index (χ1n) is 10.8. The predicted molar refractivity (Wildman–Crippen MR) is 132 cm³/mol. The Morgan fingerprint density at radius 3 is 2.47 bits per heavy atom. The number of nitrogens with zero attached hydrogens (tertiary/aromatic N) is 2. The van der Waals surface area contributed by atoms with Crippen LogP contribution in [0, 0.1) is 11.2 Å². The maximum Gasteiger partial charge on any atom is 0.191 e. The van der Waals surface area contributed by atoms with E-state index in [4.69, 9.17) is 4.74 Å². The second-order valence-electron chi connectivity index (χ2n) is 7.61. The van der Waals surface area contributed by atoms with E-state index in [1.807, 2.05) is 24.0 Å². The number of anilines is 1. The molecule has 172 valence electrons. The first-order valence-corrected chi connectivity index (χ1v) is 10.8. The van der Waals surface area contributed by atoms with Gasteiger partial charge < -0.3 is 25.4 Å². The lowest BCUT2D eigenvalue weighted by Crippen LogP contribution is -2.43. The molecule has 0 atom stereocenters. The third-order valence-corrected chi connectivity index (χ3v) is 5.90. The lowest BCUT2D eigenvalue weighted by Gasteiger charge is -2.32. The molecule has 6 nitrogen and oxygen atoms in total. The van der Waals surface area contributed by atoms with Crippen molar-refractivity contribution in [2.24, 2.45) is 10.4 Å². The summed E-state index contributed by atoms with van der Waals surface area (Å²) in [6.07, 6.45) is 2.75. The van der Waals surface area contributed by atoms with Gasteiger partial charge in [-0.3, -0.25) is 0 Å². The van der Waals surface area contributed by atoms with E-state index in [0.717, 1.165) is 43.9 Å². The van der Waals surface area contributed by atoms with Gasteiger partial charge in [-0.25, -0.2) is 9.38 Å². The molecule has 0 unspecified atom stereocenters. The van der Waals surface area contributed by atoms with Crippen molar-refractivity contribution in [3.8, 4) is 0 Å². The summed E-state index contributed by atoms with van der Waals surface area (Å²) in [5, 5.41) is 16.1. The number of hydrogen-bond donors (Lipinski definition) is 3. The normalized spacial score (nSPS) is 15.0. The van der Waals surface area contributed by atoms with Crippen LogP contribution >= 0.6 is 24.0 Å². The maximum atomic E-state index is 14.6. The molecule has 0 amide bonds. The zero-order valence-electron chi connectivity index (χ0n) is 18.5. The highest BCUT2D eigenvalue weighted by atomic mass is 127. The van der Waals surface area contributed by atoms with E-state index in [-0.39, 0.29) is 41.8 Å². The van der Waals surface area contributed by atoms with Crippen LogP contribution in [-0.2, 0) is 11.3 Å². The van der Waals surface area contributed by atoms with Crippen molar-refractivity contribution < 1.29 is 14.2 Å². The Morgan fingerprint density at radius 1 is 1.20 bits per heavy atom. The summed E-state index contributed by atoms with van der Waals surface area (Å²) in [5.74, 6) is 0.505. The first-order chi connectivity index (χ1) is 14.1. The molecular formula is C22H38FIN4O2. The molecule has 0 radical (unpaired) electrons. The molecule has 1 aromatic rings. The Balaban J connectivity index is 0.00000450. The van der Waals surface area contributed by atoms with Crippen LogP contribution in [0.25, 0.3) is 0 Å². The summed E-state index contributed by atoms with van der Waals surface area (Å²) >= 11 is 0. The molecule has 1 saturated heterocycles.